The largest absolute Gasteiger partial charge is 0.493 e. The molecule has 0 spiro atoms. The topological polar surface area (TPSA) is 102 Å². The quantitative estimate of drug-likeness (QED) is 0.487. The summed E-state index contributed by atoms with van der Waals surface area (Å²) in [5.41, 5.74) is 1.11. The zero-order valence-corrected chi connectivity index (χ0v) is 19.3. The van der Waals surface area contributed by atoms with Crippen molar-refractivity contribution in [2.24, 2.45) is 0 Å². The minimum atomic E-state index is -3.44. The monoisotopic (exact) mass is 490 g/mol. The third kappa shape index (κ3) is 5.45. The highest BCUT2D eigenvalue weighted by Crippen LogP contribution is 2.36. The second-order valence-electron chi connectivity index (χ2n) is 7.39. The van der Waals surface area contributed by atoms with Crippen LogP contribution in [0.3, 0.4) is 0 Å². The van der Waals surface area contributed by atoms with Gasteiger partial charge in [-0.2, -0.15) is 0 Å². The fourth-order valence-corrected chi connectivity index (χ4v) is 4.39. The third-order valence-electron chi connectivity index (χ3n) is 4.91. The first-order valence-electron chi connectivity index (χ1n) is 9.90. The molecule has 1 aromatic heterocycles. The lowest BCUT2D eigenvalue weighted by Crippen LogP contribution is -2.46. The van der Waals surface area contributed by atoms with Crippen LogP contribution < -0.4 is 19.5 Å². The van der Waals surface area contributed by atoms with Gasteiger partial charge in [-0.15, -0.1) is 0 Å². The van der Waals surface area contributed by atoms with E-state index in [0.29, 0.717) is 46.7 Å². The zero-order chi connectivity index (χ0) is 23.6. The van der Waals surface area contributed by atoms with Crippen molar-refractivity contribution in [1.82, 2.24) is 14.7 Å². The lowest BCUT2D eigenvalue weighted by atomic mass is 10.0. The lowest BCUT2D eigenvalue weighted by molar-refractivity contribution is 0.200. The highest BCUT2D eigenvalue weighted by molar-refractivity contribution is 7.88. The summed E-state index contributed by atoms with van der Waals surface area (Å²) in [6.07, 6.45) is 2.84. The maximum Gasteiger partial charge on any atom is 0.209 e. The molecule has 4 rings (SSSR count). The Morgan fingerprint density at radius 3 is 2.76 bits per heavy atom. The minimum absolute atomic E-state index is 0.0238. The fraction of sp³-hybridized carbons (Fsp3) is 0.273. The Kier molecular flexibility index (Phi) is 6.56. The molecule has 2 N–H and O–H groups in total. The third-order valence-corrected chi connectivity index (χ3v) is 5.93. The van der Waals surface area contributed by atoms with E-state index in [2.05, 4.69) is 31.8 Å². The first kappa shape index (κ1) is 23.0. The van der Waals surface area contributed by atoms with E-state index in [9.17, 15) is 12.8 Å². The van der Waals surface area contributed by atoms with Crippen molar-refractivity contribution in [3.05, 3.63) is 47.5 Å². The molecule has 0 saturated carbocycles. The molecule has 2 atom stereocenters. The highest BCUT2D eigenvalue weighted by atomic mass is 35.5. The molecule has 3 aromatic rings. The average molecular weight is 491 g/mol. The summed E-state index contributed by atoms with van der Waals surface area (Å²) >= 11 is 5.89. The summed E-state index contributed by atoms with van der Waals surface area (Å²) in [6, 6.07) is 7.11. The molecule has 0 amide bonds. The number of hydrogen-bond donors (Lipinski definition) is 2. The number of hydrogen-bond acceptors (Lipinski definition) is 7. The molecular weight excluding hydrogens is 471 g/mol. The summed E-state index contributed by atoms with van der Waals surface area (Å²) in [4.78, 5) is 8.57. The van der Waals surface area contributed by atoms with Crippen molar-refractivity contribution in [2.45, 2.75) is 25.0 Å². The van der Waals surface area contributed by atoms with Gasteiger partial charge in [0.25, 0.3) is 0 Å². The molecule has 0 saturated heterocycles. The summed E-state index contributed by atoms with van der Waals surface area (Å²) in [5.74, 6) is 6.59. The van der Waals surface area contributed by atoms with Gasteiger partial charge in [-0.1, -0.05) is 23.4 Å². The van der Waals surface area contributed by atoms with Gasteiger partial charge in [-0.25, -0.2) is 27.5 Å². The van der Waals surface area contributed by atoms with Crippen LogP contribution in [-0.2, 0) is 10.0 Å². The van der Waals surface area contributed by atoms with E-state index in [0.717, 1.165) is 6.26 Å². The Balaban J connectivity index is 1.71. The van der Waals surface area contributed by atoms with E-state index in [-0.39, 0.29) is 5.02 Å². The molecule has 33 heavy (non-hydrogen) atoms. The predicted molar refractivity (Wildman–Crippen MR) is 124 cm³/mol. The zero-order valence-electron chi connectivity index (χ0n) is 17.7. The number of anilines is 2. The van der Waals surface area contributed by atoms with E-state index in [4.69, 9.17) is 21.1 Å². The van der Waals surface area contributed by atoms with Crippen molar-refractivity contribution in [2.75, 3.05) is 18.7 Å². The van der Waals surface area contributed by atoms with Gasteiger partial charge in [0, 0.05) is 23.6 Å². The molecule has 1 heterocycles. The van der Waals surface area contributed by atoms with Gasteiger partial charge >= 0.3 is 0 Å². The number of ether oxygens (including phenoxy) is 2. The molecule has 172 valence electrons. The Morgan fingerprint density at radius 2 is 2.03 bits per heavy atom. The SMILES string of the molecule is COc1cc2ncnc(Nc3ccc(F)c(Cl)c3)c2cc1O[C@@H]1C#CCC[C@H]1NS(C)(=O)=O. The van der Waals surface area contributed by atoms with Gasteiger partial charge in [-0.05, 0) is 30.7 Å². The Morgan fingerprint density at radius 1 is 1.21 bits per heavy atom. The van der Waals surface area contributed by atoms with Crippen LogP contribution in [0.25, 0.3) is 10.9 Å². The number of halogens is 2. The van der Waals surface area contributed by atoms with Gasteiger partial charge in [0.1, 0.15) is 18.0 Å². The minimum Gasteiger partial charge on any atom is -0.493 e. The molecule has 1 aliphatic rings. The molecule has 1 aliphatic carbocycles. The van der Waals surface area contributed by atoms with Crippen LogP contribution in [0, 0.1) is 17.7 Å². The first-order valence-corrected chi connectivity index (χ1v) is 12.2. The molecular formula is C22H20ClFN4O4S. The Bertz CT molecular complexity index is 1370. The number of fused-ring (bicyclic) bond motifs is 1. The Labute approximate surface area is 195 Å². The molecule has 2 aromatic carbocycles. The van der Waals surface area contributed by atoms with Crippen molar-refractivity contribution in [3.63, 3.8) is 0 Å². The van der Waals surface area contributed by atoms with Crippen molar-refractivity contribution < 1.29 is 22.3 Å². The van der Waals surface area contributed by atoms with Crippen molar-refractivity contribution in [3.8, 4) is 23.3 Å². The number of benzene rings is 2. The summed E-state index contributed by atoms with van der Waals surface area (Å²) in [5, 5.41) is 3.68. The van der Waals surface area contributed by atoms with Gasteiger partial charge < -0.3 is 14.8 Å². The highest BCUT2D eigenvalue weighted by Gasteiger charge is 2.27. The summed E-state index contributed by atoms with van der Waals surface area (Å²) in [7, 11) is -1.95. The second kappa shape index (κ2) is 9.39. The van der Waals surface area contributed by atoms with Crippen LogP contribution in [-0.4, -0.2) is 43.9 Å². The van der Waals surface area contributed by atoms with E-state index < -0.39 is 28.0 Å². The van der Waals surface area contributed by atoms with Crippen LogP contribution >= 0.6 is 11.6 Å². The Hall–Kier alpha value is -3.13. The van der Waals surface area contributed by atoms with Crippen molar-refractivity contribution >= 4 is 44.0 Å². The van der Waals surface area contributed by atoms with Crippen molar-refractivity contribution in [1.29, 1.82) is 0 Å². The van der Waals surface area contributed by atoms with E-state index in [1.807, 2.05) is 0 Å². The number of sulfonamides is 1. The fourth-order valence-electron chi connectivity index (χ4n) is 3.42. The van der Waals surface area contributed by atoms with Crippen LogP contribution in [0.1, 0.15) is 12.8 Å². The van der Waals surface area contributed by atoms with Crippen LogP contribution in [0.2, 0.25) is 5.02 Å². The first-order chi connectivity index (χ1) is 15.7. The maximum atomic E-state index is 13.5. The maximum absolute atomic E-state index is 13.5. The number of nitrogens with zero attached hydrogens (tertiary/aromatic N) is 2. The van der Waals surface area contributed by atoms with Gasteiger partial charge in [-0.3, -0.25) is 0 Å². The molecule has 0 aliphatic heterocycles. The molecule has 0 bridgehead atoms. The van der Waals surface area contributed by atoms with Crippen LogP contribution in [0.4, 0.5) is 15.9 Å². The molecule has 0 unspecified atom stereocenters. The molecule has 11 heteroatoms. The smallest absolute Gasteiger partial charge is 0.209 e. The van der Waals surface area contributed by atoms with Gasteiger partial charge in [0.2, 0.25) is 10.0 Å². The second-order valence-corrected chi connectivity index (χ2v) is 9.58. The standard InChI is InChI=1S/C22H20ClFN4O4S/c1-31-20-11-18-14(22(26-12-25-18)27-13-7-8-16(24)15(23)9-13)10-21(20)32-19-6-4-3-5-17(19)28-33(2,29)30/h7-12,17,19,28H,3,5H2,1-2H3,(H,25,26,27)/t17-,19-/m1/s1. The van der Waals surface area contributed by atoms with Gasteiger partial charge in [0.05, 0.1) is 29.9 Å². The number of rotatable bonds is 7. The normalized spacial score (nSPS) is 17.8. The number of nitrogens with one attached hydrogen (secondary N) is 2. The molecule has 0 radical (unpaired) electrons. The predicted octanol–water partition coefficient (Wildman–Crippen LogP) is 3.64. The average Bonchev–Trinajstić information content (AvgIpc) is 2.76. The summed E-state index contributed by atoms with van der Waals surface area (Å²) < 4.78 is 51.2. The number of aromatic nitrogens is 2. The summed E-state index contributed by atoms with van der Waals surface area (Å²) in [6.45, 7) is 0. The van der Waals surface area contributed by atoms with E-state index >= 15 is 0 Å². The number of methoxy groups -OCH3 is 1. The molecule has 8 nitrogen and oxygen atoms in total. The van der Waals surface area contributed by atoms with Gasteiger partial charge in [0.15, 0.2) is 17.6 Å². The lowest BCUT2D eigenvalue weighted by Gasteiger charge is -2.26. The van der Waals surface area contributed by atoms with E-state index in [1.165, 1.54) is 31.6 Å². The van der Waals surface area contributed by atoms with Crippen LogP contribution in [0.5, 0.6) is 11.5 Å². The van der Waals surface area contributed by atoms with E-state index in [1.54, 1.807) is 12.1 Å². The molecule has 0 fully saturated rings. The van der Waals surface area contributed by atoms with Crippen LogP contribution in [0.15, 0.2) is 36.7 Å².